The highest BCUT2D eigenvalue weighted by molar-refractivity contribution is 5.67. The zero-order chi connectivity index (χ0) is 13.3. The van der Waals surface area contributed by atoms with Crippen LogP contribution in [0.2, 0.25) is 0 Å². The van der Waals surface area contributed by atoms with E-state index in [0.29, 0.717) is 12.0 Å². The molecule has 3 rings (SSSR count). The third kappa shape index (κ3) is 2.73. The summed E-state index contributed by atoms with van der Waals surface area (Å²) in [5.74, 6) is 0. The second-order valence-electron chi connectivity index (χ2n) is 5.87. The van der Waals surface area contributed by atoms with Crippen LogP contribution in [0.5, 0.6) is 0 Å². The van der Waals surface area contributed by atoms with Gasteiger partial charge in [-0.3, -0.25) is 0 Å². The minimum absolute atomic E-state index is 0.119. The van der Waals surface area contributed by atoms with Crippen molar-refractivity contribution < 1.29 is 14.6 Å². The summed E-state index contributed by atoms with van der Waals surface area (Å²) in [6.45, 7) is 0.309. The van der Waals surface area contributed by atoms with E-state index in [1.165, 1.54) is 0 Å². The largest absolute Gasteiger partial charge is 0.445 e. The minimum atomic E-state index is -0.344. The van der Waals surface area contributed by atoms with Crippen molar-refractivity contribution in [2.24, 2.45) is 5.41 Å². The maximum Gasteiger partial charge on any atom is 0.407 e. The van der Waals surface area contributed by atoms with Crippen molar-refractivity contribution in [2.45, 2.75) is 44.4 Å². The Labute approximate surface area is 112 Å². The van der Waals surface area contributed by atoms with E-state index in [1.54, 1.807) is 0 Å². The molecule has 0 atom stereocenters. The molecule has 0 saturated heterocycles. The highest BCUT2D eigenvalue weighted by Gasteiger charge is 2.52. The number of ether oxygens (including phenoxy) is 1. The van der Waals surface area contributed by atoms with E-state index in [4.69, 9.17) is 4.74 Å². The van der Waals surface area contributed by atoms with Crippen LogP contribution in [-0.4, -0.2) is 23.3 Å². The third-order valence-electron chi connectivity index (χ3n) is 4.23. The molecule has 19 heavy (non-hydrogen) atoms. The summed E-state index contributed by atoms with van der Waals surface area (Å²) in [5.41, 5.74) is 1.31. The van der Waals surface area contributed by atoms with E-state index in [0.717, 1.165) is 31.2 Å². The normalized spacial score (nSPS) is 32.3. The zero-order valence-electron chi connectivity index (χ0n) is 10.8. The zero-order valence-corrected chi connectivity index (χ0v) is 10.8. The molecule has 102 valence electrons. The van der Waals surface area contributed by atoms with Crippen LogP contribution in [0.1, 0.15) is 31.2 Å². The van der Waals surface area contributed by atoms with Gasteiger partial charge in [0, 0.05) is 6.04 Å². The van der Waals surface area contributed by atoms with Crippen molar-refractivity contribution in [3.63, 3.8) is 0 Å². The Kier molecular flexibility index (Phi) is 3.19. The van der Waals surface area contributed by atoms with Gasteiger partial charge in [0.15, 0.2) is 0 Å². The maximum atomic E-state index is 11.6. The van der Waals surface area contributed by atoms with Gasteiger partial charge in [-0.1, -0.05) is 30.3 Å². The standard InChI is InChI=1S/C15H19NO3/c17-13-8-15(9-13)6-12(7-15)16-14(18)19-10-11-4-2-1-3-5-11/h1-5,12-13,17H,6-10H2,(H,16,18)/t12-,13-,15?. The molecule has 2 N–H and O–H groups in total. The lowest BCUT2D eigenvalue weighted by Gasteiger charge is -2.56. The van der Waals surface area contributed by atoms with Crippen molar-refractivity contribution in [1.82, 2.24) is 5.32 Å². The number of carbonyl (C=O) groups is 1. The van der Waals surface area contributed by atoms with Crippen LogP contribution in [0.3, 0.4) is 0 Å². The Hall–Kier alpha value is -1.55. The van der Waals surface area contributed by atoms with Crippen molar-refractivity contribution in [1.29, 1.82) is 0 Å². The number of aliphatic hydroxyl groups excluding tert-OH is 1. The first kappa shape index (κ1) is 12.5. The van der Waals surface area contributed by atoms with Crippen LogP contribution in [0.4, 0.5) is 4.79 Å². The molecule has 1 amide bonds. The molecule has 4 heteroatoms. The molecule has 0 heterocycles. The second kappa shape index (κ2) is 4.85. The molecule has 0 aromatic heterocycles. The lowest BCUT2D eigenvalue weighted by Crippen LogP contribution is -2.57. The quantitative estimate of drug-likeness (QED) is 0.877. The predicted octanol–water partition coefficient (Wildman–Crippen LogP) is 2.22. The number of amides is 1. The van der Waals surface area contributed by atoms with Crippen molar-refractivity contribution in [3.05, 3.63) is 35.9 Å². The lowest BCUT2D eigenvalue weighted by molar-refractivity contribution is -0.0958. The molecule has 2 aliphatic rings. The van der Waals surface area contributed by atoms with Crippen LogP contribution in [0.15, 0.2) is 30.3 Å². The highest BCUT2D eigenvalue weighted by atomic mass is 16.5. The highest BCUT2D eigenvalue weighted by Crippen LogP contribution is 2.55. The molecular weight excluding hydrogens is 242 g/mol. The van der Waals surface area contributed by atoms with E-state index >= 15 is 0 Å². The van der Waals surface area contributed by atoms with Gasteiger partial charge in [-0.15, -0.1) is 0 Å². The first-order valence-corrected chi connectivity index (χ1v) is 6.81. The van der Waals surface area contributed by atoms with Gasteiger partial charge in [-0.2, -0.15) is 0 Å². The Bertz CT molecular complexity index is 446. The van der Waals surface area contributed by atoms with E-state index < -0.39 is 0 Å². The SMILES string of the molecule is O=C(N[C@H]1CC2(C[C@@H](O)C2)C1)OCc1ccccc1. The summed E-state index contributed by atoms with van der Waals surface area (Å²) in [4.78, 5) is 11.6. The number of nitrogens with one attached hydrogen (secondary N) is 1. The fraction of sp³-hybridized carbons (Fsp3) is 0.533. The summed E-state index contributed by atoms with van der Waals surface area (Å²) < 4.78 is 5.18. The van der Waals surface area contributed by atoms with Crippen LogP contribution in [0.25, 0.3) is 0 Å². The summed E-state index contributed by atoms with van der Waals surface area (Å²) in [5, 5.41) is 12.2. The Morgan fingerprint density at radius 1 is 1.26 bits per heavy atom. The smallest absolute Gasteiger partial charge is 0.407 e. The monoisotopic (exact) mass is 261 g/mol. The van der Waals surface area contributed by atoms with E-state index in [9.17, 15) is 9.90 Å². The molecule has 1 spiro atoms. The second-order valence-corrected chi connectivity index (χ2v) is 5.87. The lowest BCUT2D eigenvalue weighted by atomic mass is 9.53. The third-order valence-corrected chi connectivity index (χ3v) is 4.23. The fourth-order valence-electron chi connectivity index (χ4n) is 3.29. The van der Waals surface area contributed by atoms with Crippen molar-refractivity contribution in [3.8, 4) is 0 Å². The van der Waals surface area contributed by atoms with Crippen LogP contribution < -0.4 is 5.32 Å². The molecule has 0 radical (unpaired) electrons. The van der Waals surface area contributed by atoms with E-state index in [1.807, 2.05) is 30.3 Å². The molecular formula is C15H19NO3. The Morgan fingerprint density at radius 2 is 1.95 bits per heavy atom. The molecule has 0 unspecified atom stereocenters. The van der Waals surface area contributed by atoms with Gasteiger partial charge in [-0.25, -0.2) is 4.79 Å². The molecule has 1 aromatic rings. The fourth-order valence-corrected chi connectivity index (χ4v) is 3.29. The number of carbonyl (C=O) groups excluding carboxylic acids is 1. The van der Waals surface area contributed by atoms with Crippen LogP contribution >= 0.6 is 0 Å². The number of hydrogen-bond donors (Lipinski definition) is 2. The summed E-state index contributed by atoms with van der Waals surface area (Å²) in [6.07, 6.45) is 3.28. The van der Waals surface area contributed by atoms with Gasteiger partial charge in [0.25, 0.3) is 0 Å². The van der Waals surface area contributed by atoms with Gasteiger partial charge < -0.3 is 15.2 Å². The van der Waals surface area contributed by atoms with Crippen LogP contribution in [-0.2, 0) is 11.3 Å². The number of aliphatic hydroxyl groups is 1. The van der Waals surface area contributed by atoms with Crippen LogP contribution in [0, 0.1) is 5.41 Å². The van der Waals surface area contributed by atoms with Crippen molar-refractivity contribution >= 4 is 6.09 Å². The molecule has 0 aliphatic heterocycles. The summed E-state index contributed by atoms with van der Waals surface area (Å²) >= 11 is 0. The number of benzene rings is 1. The Balaban J connectivity index is 1.37. The van der Waals surface area contributed by atoms with Gasteiger partial charge in [0.2, 0.25) is 0 Å². The average molecular weight is 261 g/mol. The van der Waals surface area contributed by atoms with Gasteiger partial charge in [-0.05, 0) is 36.7 Å². The number of alkyl carbamates (subject to hydrolysis) is 1. The predicted molar refractivity (Wildman–Crippen MR) is 70.5 cm³/mol. The minimum Gasteiger partial charge on any atom is -0.445 e. The first-order valence-electron chi connectivity index (χ1n) is 6.81. The summed E-state index contributed by atoms with van der Waals surface area (Å²) in [6, 6.07) is 9.87. The maximum absolute atomic E-state index is 11.6. The average Bonchev–Trinajstić information content (AvgIpc) is 2.33. The van der Waals surface area contributed by atoms with Gasteiger partial charge in [0.05, 0.1) is 6.10 Å². The van der Waals surface area contributed by atoms with Crippen molar-refractivity contribution in [2.75, 3.05) is 0 Å². The topological polar surface area (TPSA) is 58.6 Å². The molecule has 4 nitrogen and oxygen atoms in total. The molecule has 0 bridgehead atoms. The Morgan fingerprint density at radius 3 is 2.58 bits per heavy atom. The van der Waals surface area contributed by atoms with E-state index in [-0.39, 0.29) is 18.2 Å². The summed E-state index contributed by atoms with van der Waals surface area (Å²) in [7, 11) is 0. The molecule has 1 aromatic carbocycles. The van der Waals surface area contributed by atoms with E-state index in [2.05, 4.69) is 5.32 Å². The molecule has 2 fully saturated rings. The van der Waals surface area contributed by atoms with Gasteiger partial charge >= 0.3 is 6.09 Å². The first-order chi connectivity index (χ1) is 9.15. The molecule has 2 aliphatic carbocycles. The number of hydrogen-bond acceptors (Lipinski definition) is 3. The molecule has 2 saturated carbocycles. The number of rotatable bonds is 3. The van der Waals surface area contributed by atoms with Gasteiger partial charge in [0.1, 0.15) is 6.61 Å².